The van der Waals surface area contributed by atoms with Crippen LogP contribution in [0.25, 0.3) is 0 Å². The summed E-state index contributed by atoms with van der Waals surface area (Å²) in [5.41, 5.74) is 6.48. The zero-order valence-corrected chi connectivity index (χ0v) is 10.7. The van der Waals surface area contributed by atoms with Gasteiger partial charge in [0.05, 0.1) is 19.3 Å². The maximum absolute atomic E-state index is 5.77. The van der Waals surface area contributed by atoms with Crippen molar-refractivity contribution in [3.8, 4) is 0 Å². The van der Waals surface area contributed by atoms with E-state index in [2.05, 4.69) is 16.8 Å². The molecule has 2 N–H and O–H groups in total. The third-order valence-corrected chi connectivity index (χ3v) is 2.54. The van der Waals surface area contributed by atoms with Gasteiger partial charge in [0.25, 0.3) is 0 Å². The number of rotatable bonds is 7. The molecule has 0 aliphatic heterocycles. The molecule has 1 rings (SSSR count). The summed E-state index contributed by atoms with van der Waals surface area (Å²) in [5.74, 6) is 0.853. The first kappa shape index (κ1) is 13.7. The molecule has 1 atom stereocenters. The number of nitrogen functional groups attached to an aromatic ring is 1. The number of hydrogen-bond donors (Lipinski definition) is 1. The maximum Gasteiger partial charge on any atom is 0.130 e. The number of pyridine rings is 1. The molecule has 5 heteroatoms. The molecule has 0 radical (unpaired) electrons. The Labute approximate surface area is 103 Å². The van der Waals surface area contributed by atoms with Crippen molar-refractivity contribution in [1.29, 1.82) is 0 Å². The van der Waals surface area contributed by atoms with Crippen LogP contribution in [-0.2, 0) is 9.47 Å². The Kier molecular flexibility index (Phi) is 5.72. The molecular formula is C12H21N3O2. The molecule has 1 aromatic rings. The number of aromatic nitrogens is 1. The van der Waals surface area contributed by atoms with Crippen LogP contribution in [0.2, 0.25) is 0 Å². The van der Waals surface area contributed by atoms with E-state index in [0.29, 0.717) is 18.9 Å². The molecule has 0 spiro atoms. The molecule has 96 valence electrons. The van der Waals surface area contributed by atoms with Gasteiger partial charge in [-0.1, -0.05) is 0 Å². The minimum Gasteiger partial charge on any atom is -0.399 e. The molecule has 1 heterocycles. The van der Waals surface area contributed by atoms with Gasteiger partial charge in [-0.05, 0) is 13.0 Å². The number of nitrogens with zero attached hydrogens (tertiary/aromatic N) is 2. The predicted octanol–water partition coefficient (Wildman–Crippen LogP) is 1.15. The quantitative estimate of drug-likeness (QED) is 0.773. The van der Waals surface area contributed by atoms with Crippen molar-refractivity contribution in [2.24, 2.45) is 0 Å². The second-order valence-corrected chi connectivity index (χ2v) is 3.94. The van der Waals surface area contributed by atoms with Gasteiger partial charge in [-0.15, -0.1) is 0 Å². The zero-order chi connectivity index (χ0) is 12.7. The van der Waals surface area contributed by atoms with E-state index in [4.69, 9.17) is 15.2 Å². The van der Waals surface area contributed by atoms with Crippen LogP contribution in [0.1, 0.15) is 6.92 Å². The Morgan fingerprint density at radius 1 is 1.41 bits per heavy atom. The normalized spacial score (nSPS) is 12.4. The number of anilines is 2. The van der Waals surface area contributed by atoms with E-state index in [0.717, 1.165) is 12.4 Å². The Balaban J connectivity index is 2.81. The first-order valence-corrected chi connectivity index (χ1v) is 5.65. The van der Waals surface area contributed by atoms with Gasteiger partial charge in [0, 0.05) is 38.7 Å². The molecule has 0 amide bonds. The van der Waals surface area contributed by atoms with Crippen molar-refractivity contribution in [2.75, 3.05) is 44.6 Å². The summed E-state index contributed by atoms with van der Waals surface area (Å²) in [5, 5.41) is 0. The largest absolute Gasteiger partial charge is 0.399 e. The number of methoxy groups -OCH3 is 2. The maximum atomic E-state index is 5.77. The smallest absolute Gasteiger partial charge is 0.130 e. The van der Waals surface area contributed by atoms with Crippen LogP contribution in [0.4, 0.5) is 11.5 Å². The van der Waals surface area contributed by atoms with E-state index in [9.17, 15) is 0 Å². The first-order chi connectivity index (χ1) is 8.19. The van der Waals surface area contributed by atoms with Gasteiger partial charge >= 0.3 is 0 Å². The van der Waals surface area contributed by atoms with Gasteiger partial charge < -0.3 is 20.1 Å². The number of hydrogen-bond acceptors (Lipinski definition) is 5. The van der Waals surface area contributed by atoms with Gasteiger partial charge in [0.15, 0.2) is 0 Å². The second kappa shape index (κ2) is 7.09. The van der Waals surface area contributed by atoms with Crippen molar-refractivity contribution in [2.45, 2.75) is 13.0 Å². The van der Waals surface area contributed by atoms with Crippen LogP contribution in [0.5, 0.6) is 0 Å². The molecule has 0 aromatic carbocycles. The van der Waals surface area contributed by atoms with Crippen LogP contribution in [0.3, 0.4) is 0 Å². The van der Waals surface area contributed by atoms with Crippen molar-refractivity contribution in [1.82, 2.24) is 4.98 Å². The van der Waals surface area contributed by atoms with E-state index in [1.165, 1.54) is 0 Å². The van der Waals surface area contributed by atoms with E-state index in [1.54, 1.807) is 26.5 Å². The van der Waals surface area contributed by atoms with Gasteiger partial charge in [0.2, 0.25) is 0 Å². The average molecular weight is 239 g/mol. The molecule has 0 saturated carbocycles. The number of nitrogens with two attached hydrogens (primary N) is 1. The van der Waals surface area contributed by atoms with Crippen LogP contribution >= 0.6 is 0 Å². The van der Waals surface area contributed by atoms with E-state index < -0.39 is 0 Å². The van der Waals surface area contributed by atoms with E-state index in [-0.39, 0.29) is 6.04 Å². The minimum atomic E-state index is 0.226. The molecule has 0 aliphatic carbocycles. The summed E-state index contributed by atoms with van der Waals surface area (Å²) in [6, 6.07) is 3.87. The van der Waals surface area contributed by atoms with Crippen molar-refractivity contribution in [3.63, 3.8) is 0 Å². The summed E-state index contributed by atoms with van der Waals surface area (Å²) in [7, 11) is 3.38. The molecule has 0 saturated heterocycles. The third-order valence-electron chi connectivity index (χ3n) is 2.54. The lowest BCUT2D eigenvalue weighted by molar-refractivity contribution is 0.170. The lowest BCUT2D eigenvalue weighted by Crippen LogP contribution is -2.39. The molecule has 1 aromatic heterocycles. The van der Waals surface area contributed by atoms with Crippen LogP contribution in [-0.4, -0.2) is 45.0 Å². The van der Waals surface area contributed by atoms with Gasteiger partial charge in [-0.25, -0.2) is 4.98 Å². The van der Waals surface area contributed by atoms with Crippen LogP contribution in [0.15, 0.2) is 18.3 Å². The van der Waals surface area contributed by atoms with Crippen LogP contribution < -0.4 is 10.6 Å². The predicted molar refractivity (Wildman–Crippen MR) is 69.2 cm³/mol. The van der Waals surface area contributed by atoms with Gasteiger partial charge in [-0.2, -0.15) is 0 Å². The second-order valence-electron chi connectivity index (χ2n) is 3.94. The highest BCUT2D eigenvalue weighted by atomic mass is 16.5. The topological polar surface area (TPSA) is 60.6 Å². The van der Waals surface area contributed by atoms with Crippen molar-refractivity contribution >= 4 is 11.5 Å². The standard InChI is InChI=1S/C12H21N3O2/c1-10(9-17-3)15(6-7-16-2)12-8-11(13)4-5-14-12/h4-5,8,10H,6-7,9H2,1-3H3,(H2,13,14). The van der Waals surface area contributed by atoms with Gasteiger partial charge in [-0.3, -0.25) is 0 Å². The monoisotopic (exact) mass is 239 g/mol. The molecule has 0 fully saturated rings. The fourth-order valence-corrected chi connectivity index (χ4v) is 1.67. The van der Waals surface area contributed by atoms with Gasteiger partial charge in [0.1, 0.15) is 5.82 Å². The Morgan fingerprint density at radius 2 is 2.18 bits per heavy atom. The lowest BCUT2D eigenvalue weighted by Gasteiger charge is -2.29. The van der Waals surface area contributed by atoms with E-state index in [1.807, 2.05) is 6.07 Å². The Morgan fingerprint density at radius 3 is 2.76 bits per heavy atom. The number of ether oxygens (including phenoxy) is 2. The van der Waals surface area contributed by atoms with E-state index >= 15 is 0 Å². The summed E-state index contributed by atoms with van der Waals surface area (Å²) in [6.45, 7) is 4.13. The highest BCUT2D eigenvalue weighted by Gasteiger charge is 2.15. The lowest BCUT2D eigenvalue weighted by atomic mass is 10.2. The van der Waals surface area contributed by atoms with Crippen LogP contribution in [0, 0.1) is 0 Å². The van der Waals surface area contributed by atoms with Crippen molar-refractivity contribution < 1.29 is 9.47 Å². The summed E-state index contributed by atoms with van der Waals surface area (Å²) >= 11 is 0. The Bertz CT molecular complexity index is 333. The summed E-state index contributed by atoms with van der Waals surface area (Å²) < 4.78 is 10.3. The molecule has 0 aliphatic rings. The molecule has 1 unspecified atom stereocenters. The zero-order valence-electron chi connectivity index (χ0n) is 10.7. The summed E-state index contributed by atoms with van der Waals surface area (Å²) in [4.78, 5) is 6.46. The fraction of sp³-hybridized carbons (Fsp3) is 0.583. The fourth-order valence-electron chi connectivity index (χ4n) is 1.67. The minimum absolute atomic E-state index is 0.226. The first-order valence-electron chi connectivity index (χ1n) is 5.65. The highest BCUT2D eigenvalue weighted by molar-refractivity contribution is 5.50. The molecule has 0 bridgehead atoms. The highest BCUT2D eigenvalue weighted by Crippen LogP contribution is 2.16. The molecule has 17 heavy (non-hydrogen) atoms. The summed E-state index contributed by atoms with van der Waals surface area (Å²) in [6.07, 6.45) is 1.71. The molecular weight excluding hydrogens is 218 g/mol. The van der Waals surface area contributed by atoms with Crippen molar-refractivity contribution in [3.05, 3.63) is 18.3 Å². The SMILES string of the molecule is COCCN(c1cc(N)ccn1)C(C)COC. The third kappa shape index (κ3) is 4.20. The Hall–Kier alpha value is -1.33. The average Bonchev–Trinajstić information content (AvgIpc) is 2.30. The molecule has 5 nitrogen and oxygen atoms in total.